The predicted octanol–water partition coefficient (Wildman–Crippen LogP) is 4.09. The van der Waals surface area contributed by atoms with Gasteiger partial charge in [0.1, 0.15) is 17.2 Å². The zero-order valence-corrected chi connectivity index (χ0v) is 17.9. The summed E-state index contributed by atoms with van der Waals surface area (Å²) in [7, 11) is -3.37. The Morgan fingerprint density at radius 2 is 1.83 bits per heavy atom. The van der Waals surface area contributed by atoms with Crippen LogP contribution in [0.15, 0.2) is 47.4 Å². The van der Waals surface area contributed by atoms with E-state index in [9.17, 15) is 26.4 Å². The number of halogens is 4. The summed E-state index contributed by atoms with van der Waals surface area (Å²) in [5.41, 5.74) is -1.20. The number of hydrogen-bond acceptors (Lipinski definition) is 4. The Morgan fingerprint density at radius 1 is 1.20 bits per heavy atom. The Kier molecular flexibility index (Phi) is 7.25. The highest BCUT2D eigenvalue weighted by Crippen LogP contribution is 2.37. The summed E-state index contributed by atoms with van der Waals surface area (Å²) in [4.78, 5) is 11.6. The minimum atomic E-state index is -4.78. The van der Waals surface area contributed by atoms with Crippen molar-refractivity contribution < 1.29 is 31.1 Å². The summed E-state index contributed by atoms with van der Waals surface area (Å²) in [6.07, 6.45) is -4.78. The standard InChI is InChI=1S/C19H20ClF3N2O4S/c1-12(2)24-18(26)11-25(15-6-4-5-7-16(15)29-3)30(27,28)17-10-13(19(21,22)23)8-9-14(17)20/h4-10,12H,11H2,1-3H3,(H,24,26). The van der Waals surface area contributed by atoms with Gasteiger partial charge in [0.2, 0.25) is 5.91 Å². The summed E-state index contributed by atoms with van der Waals surface area (Å²) >= 11 is 5.95. The zero-order valence-electron chi connectivity index (χ0n) is 16.3. The number of para-hydroxylation sites is 2. The molecule has 2 aromatic rings. The second-order valence-electron chi connectivity index (χ2n) is 6.55. The number of methoxy groups -OCH3 is 1. The van der Waals surface area contributed by atoms with Gasteiger partial charge in [0.05, 0.1) is 23.4 Å². The average Bonchev–Trinajstić information content (AvgIpc) is 2.64. The maximum Gasteiger partial charge on any atom is 0.416 e. The molecule has 0 saturated carbocycles. The van der Waals surface area contributed by atoms with Gasteiger partial charge in [-0.15, -0.1) is 0 Å². The van der Waals surface area contributed by atoms with Crippen molar-refractivity contribution in [3.8, 4) is 5.75 Å². The van der Waals surface area contributed by atoms with Crippen LogP contribution in [0.5, 0.6) is 5.75 Å². The Morgan fingerprint density at radius 3 is 2.40 bits per heavy atom. The third-order valence-corrected chi connectivity index (χ3v) is 6.16. The number of ether oxygens (including phenoxy) is 1. The molecule has 0 radical (unpaired) electrons. The van der Waals surface area contributed by atoms with Crippen LogP contribution in [0, 0.1) is 0 Å². The molecule has 0 aliphatic rings. The van der Waals surface area contributed by atoms with E-state index >= 15 is 0 Å². The Bertz CT molecular complexity index is 1030. The molecule has 1 N–H and O–H groups in total. The van der Waals surface area contributed by atoms with Crippen molar-refractivity contribution in [3.05, 3.63) is 53.1 Å². The normalized spacial score (nSPS) is 12.0. The molecule has 164 valence electrons. The first kappa shape index (κ1) is 23.8. The van der Waals surface area contributed by atoms with E-state index in [4.69, 9.17) is 16.3 Å². The number of nitrogens with one attached hydrogen (secondary N) is 1. The van der Waals surface area contributed by atoms with E-state index in [2.05, 4.69) is 5.32 Å². The average molecular weight is 465 g/mol. The smallest absolute Gasteiger partial charge is 0.416 e. The van der Waals surface area contributed by atoms with Gasteiger partial charge in [0.15, 0.2) is 0 Å². The maximum atomic E-state index is 13.4. The highest BCUT2D eigenvalue weighted by molar-refractivity contribution is 7.93. The van der Waals surface area contributed by atoms with Crippen LogP contribution in [-0.2, 0) is 21.0 Å². The largest absolute Gasteiger partial charge is 0.495 e. The molecule has 0 spiro atoms. The number of sulfonamides is 1. The fourth-order valence-electron chi connectivity index (χ4n) is 2.63. The maximum absolute atomic E-state index is 13.4. The number of carbonyl (C=O) groups excluding carboxylic acids is 1. The molecule has 1 amide bonds. The van der Waals surface area contributed by atoms with Gasteiger partial charge in [-0.1, -0.05) is 23.7 Å². The molecule has 0 atom stereocenters. The molecule has 0 aliphatic carbocycles. The third kappa shape index (κ3) is 5.37. The molecule has 0 aliphatic heterocycles. The van der Waals surface area contributed by atoms with Gasteiger partial charge in [-0.25, -0.2) is 8.42 Å². The highest BCUT2D eigenvalue weighted by Gasteiger charge is 2.36. The van der Waals surface area contributed by atoms with Crippen molar-refractivity contribution >= 4 is 33.2 Å². The summed E-state index contributed by atoms with van der Waals surface area (Å²) in [6, 6.07) is 7.63. The van der Waals surface area contributed by atoms with Crippen molar-refractivity contribution in [1.82, 2.24) is 5.32 Å². The molecular weight excluding hydrogens is 445 g/mol. The molecule has 30 heavy (non-hydrogen) atoms. The van der Waals surface area contributed by atoms with Crippen LogP contribution in [0.2, 0.25) is 5.02 Å². The molecule has 0 bridgehead atoms. The molecule has 2 rings (SSSR count). The predicted molar refractivity (Wildman–Crippen MR) is 107 cm³/mol. The first-order chi connectivity index (χ1) is 13.9. The van der Waals surface area contributed by atoms with E-state index < -0.39 is 44.1 Å². The number of anilines is 1. The summed E-state index contributed by atoms with van der Waals surface area (Å²) in [5, 5.41) is 2.15. The monoisotopic (exact) mass is 464 g/mol. The number of benzene rings is 2. The lowest BCUT2D eigenvalue weighted by Gasteiger charge is -2.26. The van der Waals surface area contributed by atoms with Crippen LogP contribution in [-0.4, -0.2) is 34.0 Å². The second-order valence-corrected chi connectivity index (χ2v) is 8.79. The minimum absolute atomic E-state index is 0.0209. The fourth-order valence-corrected chi connectivity index (χ4v) is 4.56. The SMILES string of the molecule is COc1ccccc1N(CC(=O)NC(C)C)S(=O)(=O)c1cc(C(F)(F)F)ccc1Cl. The molecule has 0 unspecified atom stereocenters. The number of nitrogens with zero attached hydrogens (tertiary/aromatic N) is 1. The van der Waals surface area contributed by atoms with Gasteiger partial charge >= 0.3 is 6.18 Å². The lowest BCUT2D eigenvalue weighted by molar-refractivity contribution is -0.137. The van der Waals surface area contributed by atoms with E-state index in [-0.39, 0.29) is 17.5 Å². The molecule has 0 saturated heterocycles. The Balaban J connectivity index is 2.67. The topological polar surface area (TPSA) is 75.7 Å². The van der Waals surface area contributed by atoms with Gasteiger partial charge in [-0.05, 0) is 44.2 Å². The Hall–Kier alpha value is -2.46. The van der Waals surface area contributed by atoms with Crippen LogP contribution in [0.1, 0.15) is 19.4 Å². The lowest BCUT2D eigenvalue weighted by Crippen LogP contribution is -2.43. The van der Waals surface area contributed by atoms with Gasteiger partial charge in [-0.2, -0.15) is 13.2 Å². The first-order valence-electron chi connectivity index (χ1n) is 8.69. The van der Waals surface area contributed by atoms with Crippen LogP contribution in [0.25, 0.3) is 0 Å². The molecule has 0 aromatic heterocycles. The number of amides is 1. The van der Waals surface area contributed by atoms with E-state index in [1.54, 1.807) is 19.9 Å². The van der Waals surface area contributed by atoms with Gasteiger partial charge in [0, 0.05) is 6.04 Å². The number of carbonyl (C=O) groups is 1. The third-order valence-electron chi connectivity index (χ3n) is 3.92. The Labute approximate surface area is 177 Å². The van der Waals surface area contributed by atoms with E-state index in [1.165, 1.54) is 25.3 Å². The molecule has 0 fully saturated rings. The number of hydrogen-bond donors (Lipinski definition) is 1. The molecule has 2 aromatic carbocycles. The van der Waals surface area contributed by atoms with Gasteiger partial charge < -0.3 is 10.1 Å². The molecule has 6 nitrogen and oxygen atoms in total. The zero-order chi connectivity index (χ0) is 22.7. The van der Waals surface area contributed by atoms with Crippen molar-refractivity contribution in [1.29, 1.82) is 0 Å². The van der Waals surface area contributed by atoms with Crippen LogP contribution < -0.4 is 14.4 Å². The number of alkyl halides is 3. The van der Waals surface area contributed by atoms with E-state index in [1.807, 2.05) is 0 Å². The summed E-state index contributed by atoms with van der Waals surface area (Å²) < 4.78 is 72.0. The fraction of sp³-hybridized carbons (Fsp3) is 0.316. The summed E-state index contributed by atoms with van der Waals surface area (Å²) in [6.45, 7) is 2.68. The summed E-state index contributed by atoms with van der Waals surface area (Å²) in [5.74, 6) is -0.538. The van der Waals surface area contributed by atoms with Crippen molar-refractivity contribution in [2.24, 2.45) is 0 Å². The molecular formula is C19H20ClF3N2O4S. The number of rotatable bonds is 7. The molecule has 0 heterocycles. The van der Waals surface area contributed by atoms with Gasteiger partial charge in [0.25, 0.3) is 10.0 Å². The van der Waals surface area contributed by atoms with Crippen LogP contribution in [0.3, 0.4) is 0 Å². The minimum Gasteiger partial charge on any atom is -0.495 e. The highest BCUT2D eigenvalue weighted by atomic mass is 35.5. The van der Waals surface area contributed by atoms with Crippen molar-refractivity contribution in [2.45, 2.75) is 31.0 Å². The first-order valence-corrected chi connectivity index (χ1v) is 10.5. The van der Waals surface area contributed by atoms with Crippen molar-refractivity contribution in [3.63, 3.8) is 0 Å². The van der Waals surface area contributed by atoms with Crippen molar-refractivity contribution in [2.75, 3.05) is 18.0 Å². The molecule has 11 heteroatoms. The van der Waals surface area contributed by atoms with E-state index in [0.29, 0.717) is 16.4 Å². The van der Waals surface area contributed by atoms with Gasteiger partial charge in [-0.3, -0.25) is 9.10 Å². The van der Waals surface area contributed by atoms with E-state index in [0.717, 1.165) is 6.07 Å². The second kappa shape index (κ2) is 9.13. The quantitative estimate of drug-likeness (QED) is 0.669. The van der Waals surface area contributed by atoms with Crippen LogP contribution in [0.4, 0.5) is 18.9 Å². The van der Waals surface area contributed by atoms with Crippen LogP contribution >= 0.6 is 11.6 Å². The lowest BCUT2D eigenvalue weighted by atomic mass is 10.2.